The number of nitrogens with zero attached hydrogens (tertiary/aromatic N) is 3. The smallest absolute Gasteiger partial charge is 0.319 e. The molecule has 3 heterocycles. The molecule has 28 heavy (non-hydrogen) atoms. The maximum absolute atomic E-state index is 13.1. The van der Waals surface area contributed by atoms with Gasteiger partial charge in [0.05, 0.1) is 25.2 Å². The molecule has 4 atom stereocenters. The Morgan fingerprint density at radius 2 is 2.14 bits per heavy atom. The molecule has 0 amide bonds. The van der Waals surface area contributed by atoms with E-state index in [9.17, 15) is 4.79 Å². The zero-order chi connectivity index (χ0) is 19.7. The Morgan fingerprint density at radius 3 is 2.82 bits per heavy atom. The van der Waals surface area contributed by atoms with Gasteiger partial charge in [-0.15, -0.1) is 0 Å². The quantitative estimate of drug-likeness (QED) is 0.670. The van der Waals surface area contributed by atoms with Crippen molar-refractivity contribution in [2.75, 3.05) is 27.1 Å². The highest BCUT2D eigenvalue weighted by Crippen LogP contribution is 2.35. The fraction of sp³-hybridized carbons (Fsp3) is 0.526. The van der Waals surface area contributed by atoms with Gasteiger partial charge in [0.2, 0.25) is 0 Å². The molecule has 8 nitrogen and oxygen atoms in total. The minimum Gasteiger partial charge on any atom is -0.457 e. The van der Waals surface area contributed by atoms with Crippen LogP contribution in [-0.4, -0.2) is 68.2 Å². The Morgan fingerprint density at radius 1 is 1.36 bits per heavy atom. The number of esters is 1. The van der Waals surface area contributed by atoms with E-state index in [0.717, 1.165) is 0 Å². The van der Waals surface area contributed by atoms with Gasteiger partial charge >= 0.3 is 5.97 Å². The monoisotopic (exact) mass is 407 g/mol. The van der Waals surface area contributed by atoms with Gasteiger partial charge in [-0.05, 0) is 13.0 Å². The standard InChI is InChI=1S/C19H22ClN3O5/c1-11-14(7-21-23(11)10-25-2)18-16(19(24)27-12-8-26-9-12)17(22-28-18)13-5-3-4-6-15(13)20/h3-7,11-12,14,16,18H,8-10H2,1-2H3. The predicted octanol–water partition coefficient (Wildman–Crippen LogP) is 1.91. The normalized spacial score (nSPS) is 29.4. The van der Waals surface area contributed by atoms with E-state index in [1.54, 1.807) is 19.4 Å². The number of hydrogen-bond donors (Lipinski definition) is 0. The van der Waals surface area contributed by atoms with Crippen molar-refractivity contribution in [2.45, 2.75) is 25.2 Å². The molecule has 4 unspecified atom stereocenters. The molecule has 3 aliphatic heterocycles. The van der Waals surface area contributed by atoms with Gasteiger partial charge in [-0.3, -0.25) is 9.80 Å². The average molecular weight is 408 g/mol. The number of carbonyl (C=O) groups excluding carboxylic acids is 1. The lowest BCUT2D eigenvalue weighted by atomic mass is 9.83. The van der Waals surface area contributed by atoms with Crippen LogP contribution in [-0.2, 0) is 23.8 Å². The number of benzene rings is 1. The van der Waals surface area contributed by atoms with Crippen molar-refractivity contribution in [3.8, 4) is 0 Å². The fourth-order valence-corrected chi connectivity index (χ4v) is 3.80. The summed E-state index contributed by atoms with van der Waals surface area (Å²) in [5.74, 6) is -1.25. The molecule has 1 aromatic rings. The molecule has 1 aromatic carbocycles. The summed E-state index contributed by atoms with van der Waals surface area (Å²) in [6, 6.07) is 7.23. The molecule has 0 spiro atoms. The lowest BCUT2D eigenvalue weighted by Crippen LogP contribution is -2.46. The topological polar surface area (TPSA) is 82.0 Å². The van der Waals surface area contributed by atoms with Crippen LogP contribution in [0, 0.1) is 11.8 Å². The molecular formula is C19H22ClN3O5. The van der Waals surface area contributed by atoms with Crippen LogP contribution in [0.25, 0.3) is 0 Å². The summed E-state index contributed by atoms with van der Waals surface area (Å²) < 4.78 is 15.9. The molecule has 9 heteroatoms. The van der Waals surface area contributed by atoms with Crippen LogP contribution in [0.2, 0.25) is 5.02 Å². The van der Waals surface area contributed by atoms with Crippen molar-refractivity contribution in [3.63, 3.8) is 0 Å². The van der Waals surface area contributed by atoms with Crippen LogP contribution in [0.15, 0.2) is 34.5 Å². The Hall–Kier alpha value is -2.16. The van der Waals surface area contributed by atoms with Crippen LogP contribution in [0.4, 0.5) is 0 Å². The third-order valence-corrected chi connectivity index (χ3v) is 5.57. The van der Waals surface area contributed by atoms with Gasteiger partial charge in [0, 0.05) is 23.9 Å². The molecule has 0 saturated carbocycles. The maximum Gasteiger partial charge on any atom is 0.319 e. The Kier molecular flexibility index (Phi) is 5.52. The number of oxime groups is 1. The predicted molar refractivity (Wildman–Crippen MR) is 102 cm³/mol. The van der Waals surface area contributed by atoms with Crippen molar-refractivity contribution in [3.05, 3.63) is 34.9 Å². The van der Waals surface area contributed by atoms with E-state index in [-0.39, 0.29) is 24.0 Å². The molecule has 0 N–H and O–H groups in total. The van der Waals surface area contributed by atoms with E-state index in [0.29, 0.717) is 36.2 Å². The number of rotatable bonds is 6. The van der Waals surface area contributed by atoms with Gasteiger partial charge in [0.15, 0.2) is 6.10 Å². The molecule has 0 bridgehead atoms. The number of methoxy groups -OCH3 is 1. The van der Waals surface area contributed by atoms with Gasteiger partial charge in [0.25, 0.3) is 0 Å². The van der Waals surface area contributed by atoms with E-state index >= 15 is 0 Å². The number of halogens is 1. The van der Waals surface area contributed by atoms with Gasteiger partial charge < -0.3 is 19.0 Å². The maximum atomic E-state index is 13.1. The molecule has 0 aromatic heterocycles. The van der Waals surface area contributed by atoms with E-state index in [1.807, 2.05) is 30.1 Å². The fourth-order valence-electron chi connectivity index (χ4n) is 3.57. The first kappa shape index (κ1) is 19.2. The summed E-state index contributed by atoms with van der Waals surface area (Å²) in [7, 11) is 1.61. The summed E-state index contributed by atoms with van der Waals surface area (Å²) >= 11 is 6.36. The molecule has 1 saturated heterocycles. The summed E-state index contributed by atoms with van der Waals surface area (Å²) in [4.78, 5) is 18.8. The van der Waals surface area contributed by atoms with Crippen molar-refractivity contribution in [1.82, 2.24) is 5.01 Å². The van der Waals surface area contributed by atoms with Crippen molar-refractivity contribution >= 4 is 29.5 Å². The number of hydrogen-bond acceptors (Lipinski definition) is 8. The van der Waals surface area contributed by atoms with Gasteiger partial charge in [-0.1, -0.05) is 35.0 Å². The van der Waals surface area contributed by atoms with E-state index < -0.39 is 12.0 Å². The Labute approximate surface area is 168 Å². The van der Waals surface area contributed by atoms with Crippen LogP contribution in [0.1, 0.15) is 12.5 Å². The molecule has 3 aliphatic rings. The molecule has 1 fully saturated rings. The van der Waals surface area contributed by atoms with Crippen molar-refractivity contribution in [1.29, 1.82) is 0 Å². The average Bonchev–Trinajstić information content (AvgIpc) is 3.23. The van der Waals surface area contributed by atoms with Crippen LogP contribution >= 0.6 is 11.6 Å². The first-order valence-corrected chi connectivity index (χ1v) is 9.54. The van der Waals surface area contributed by atoms with Crippen molar-refractivity contribution < 1.29 is 23.8 Å². The number of ether oxygens (including phenoxy) is 3. The molecule has 150 valence electrons. The summed E-state index contributed by atoms with van der Waals surface area (Å²) in [6.45, 7) is 3.18. The second kappa shape index (κ2) is 8.06. The first-order valence-electron chi connectivity index (χ1n) is 9.16. The second-order valence-corrected chi connectivity index (χ2v) is 7.45. The zero-order valence-corrected chi connectivity index (χ0v) is 16.4. The van der Waals surface area contributed by atoms with Crippen molar-refractivity contribution in [2.24, 2.45) is 22.1 Å². The molecular weight excluding hydrogens is 386 g/mol. The Balaban J connectivity index is 1.60. The first-order chi connectivity index (χ1) is 13.6. The van der Waals surface area contributed by atoms with Gasteiger partial charge in [0.1, 0.15) is 24.5 Å². The largest absolute Gasteiger partial charge is 0.457 e. The van der Waals surface area contributed by atoms with E-state index in [4.69, 9.17) is 30.6 Å². The highest BCUT2D eigenvalue weighted by atomic mass is 35.5. The summed E-state index contributed by atoms with van der Waals surface area (Å²) in [6.07, 6.45) is 1.01. The van der Waals surface area contributed by atoms with E-state index in [2.05, 4.69) is 10.3 Å². The third-order valence-electron chi connectivity index (χ3n) is 5.24. The van der Waals surface area contributed by atoms with Crippen LogP contribution < -0.4 is 0 Å². The summed E-state index contributed by atoms with van der Waals surface area (Å²) in [5, 5.41) is 10.9. The zero-order valence-electron chi connectivity index (χ0n) is 15.7. The summed E-state index contributed by atoms with van der Waals surface area (Å²) in [5.41, 5.74) is 1.14. The second-order valence-electron chi connectivity index (χ2n) is 7.04. The van der Waals surface area contributed by atoms with Crippen LogP contribution in [0.5, 0.6) is 0 Å². The van der Waals surface area contributed by atoms with Crippen LogP contribution in [0.3, 0.4) is 0 Å². The number of hydrazone groups is 1. The number of carbonyl (C=O) groups is 1. The van der Waals surface area contributed by atoms with Gasteiger partial charge in [-0.2, -0.15) is 5.10 Å². The minimum absolute atomic E-state index is 0.0203. The molecule has 0 aliphatic carbocycles. The third kappa shape index (κ3) is 3.47. The van der Waals surface area contributed by atoms with Gasteiger partial charge in [-0.25, -0.2) is 0 Å². The molecule has 4 rings (SSSR count). The highest BCUT2D eigenvalue weighted by Gasteiger charge is 2.50. The van der Waals surface area contributed by atoms with E-state index in [1.165, 1.54) is 0 Å². The lowest BCUT2D eigenvalue weighted by Gasteiger charge is -2.30. The Bertz CT molecular complexity index is 798. The highest BCUT2D eigenvalue weighted by molar-refractivity contribution is 6.35. The minimum atomic E-state index is -0.707. The lowest BCUT2D eigenvalue weighted by molar-refractivity contribution is -0.177. The molecule has 0 radical (unpaired) electrons. The SMILES string of the molecule is COCN1N=CC(C2ON=C(c3ccccc3Cl)C2C(=O)OC2COC2)C1C.